The standard InChI is InChI=1S/C45H36N2S/c1-5-14-38(15-6-1)46(39-16-7-2-8-17-39)42-30-24-36(25-31-42)28-34-44-22-13-23-45(48-44)35-29-37-26-32-43(33-27-37)47(40-18-9-3-10-19-40)41-20-11-4-12-21-41/h1-12,14-35H,13H2/b34-28+,35-29+. The minimum atomic E-state index is 0.927. The summed E-state index contributed by atoms with van der Waals surface area (Å²) in [6, 6.07) is 59.6. The van der Waals surface area contributed by atoms with Crippen molar-refractivity contribution in [2.24, 2.45) is 0 Å². The number of rotatable bonds is 10. The van der Waals surface area contributed by atoms with Gasteiger partial charge in [0, 0.05) is 43.9 Å². The van der Waals surface area contributed by atoms with Crippen molar-refractivity contribution in [3.05, 3.63) is 215 Å². The lowest BCUT2D eigenvalue weighted by atomic mass is 10.1. The van der Waals surface area contributed by atoms with E-state index in [1.54, 1.807) is 0 Å². The van der Waals surface area contributed by atoms with Crippen LogP contribution in [0.4, 0.5) is 34.1 Å². The number of hydrogen-bond donors (Lipinski definition) is 0. The fourth-order valence-corrected chi connectivity index (χ4v) is 6.65. The molecule has 232 valence electrons. The van der Waals surface area contributed by atoms with Gasteiger partial charge in [0.05, 0.1) is 0 Å². The van der Waals surface area contributed by atoms with Crippen LogP contribution in [-0.4, -0.2) is 0 Å². The Hall–Kier alpha value is -5.77. The van der Waals surface area contributed by atoms with Gasteiger partial charge in [-0.25, -0.2) is 0 Å². The number of para-hydroxylation sites is 4. The van der Waals surface area contributed by atoms with Crippen LogP contribution in [0.25, 0.3) is 12.2 Å². The van der Waals surface area contributed by atoms with Gasteiger partial charge in [-0.1, -0.05) is 133 Å². The topological polar surface area (TPSA) is 6.48 Å². The van der Waals surface area contributed by atoms with E-state index in [4.69, 9.17) is 0 Å². The summed E-state index contributed by atoms with van der Waals surface area (Å²) >= 11 is 1.81. The summed E-state index contributed by atoms with van der Waals surface area (Å²) in [5, 5.41) is 0. The third kappa shape index (κ3) is 7.60. The highest BCUT2D eigenvalue weighted by molar-refractivity contribution is 8.07. The van der Waals surface area contributed by atoms with Crippen LogP contribution >= 0.6 is 11.8 Å². The lowest BCUT2D eigenvalue weighted by Crippen LogP contribution is -2.09. The zero-order valence-electron chi connectivity index (χ0n) is 26.6. The van der Waals surface area contributed by atoms with Crippen LogP contribution in [-0.2, 0) is 0 Å². The fourth-order valence-electron chi connectivity index (χ4n) is 5.74. The third-order valence-corrected chi connectivity index (χ3v) is 9.19. The zero-order chi connectivity index (χ0) is 32.4. The molecule has 0 bridgehead atoms. The summed E-state index contributed by atoms with van der Waals surface area (Å²) in [6.07, 6.45) is 14.4. The summed E-state index contributed by atoms with van der Waals surface area (Å²) in [4.78, 5) is 7.08. The summed E-state index contributed by atoms with van der Waals surface area (Å²) in [5.41, 5.74) is 9.17. The number of benzene rings is 6. The second-order valence-corrected chi connectivity index (χ2v) is 12.6. The highest BCUT2D eigenvalue weighted by Gasteiger charge is 2.13. The molecule has 1 aliphatic rings. The van der Waals surface area contributed by atoms with Crippen molar-refractivity contribution in [1.29, 1.82) is 0 Å². The number of allylic oxidation sites excluding steroid dienone is 4. The third-order valence-electron chi connectivity index (χ3n) is 8.11. The molecule has 7 rings (SSSR count). The molecule has 0 amide bonds. The monoisotopic (exact) mass is 636 g/mol. The maximum Gasteiger partial charge on any atom is 0.0462 e. The van der Waals surface area contributed by atoms with Crippen molar-refractivity contribution in [2.75, 3.05) is 9.80 Å². The first kappa shape index (κ1) is 30.9. The molecule has 3 heteroatoms. The molecule has 1 aliphatic heterocycles. The van der Waals surface area contributed by atoms with Crippen molar-refractivity contribution in [2.45, 2.75) is 6.42 Å². The Kier molecular flexibility index (Phi) is 9.78. The molecule has 6 aromatic carbocycles. The van der Waals surface area contributed by atoms with Crippen LogP contribution in [0, 0.1) is 0 Å². The van der Waals surface area contributed by atoms with Crippen LogP contribution in [0.15, 0.2) is 204 Å². The summed E-state index contributed by atoms with van der Waals surface area (Å²) in [6.45, 7) is 0. The first-order valence-electron chi connectivity index (χ1n) is 16.3. The molecule has 1 heterocycles. The van der Waals surface area contributed by atoms with Crippen LogP contribution < -0.4 is 9.80 Å². The fraction of sp³-hybridized carbons (Fsp3) is 0.0222. The highest BCUT2D eigenvalue weighted by atomic mass is 32.2. The quantitative estimate of drug-likeness (QED) is 0.148. The van der Waals surface area contributed by atoms with Gasteiger partial charge >= 0.3 is 0 Å². The van der Waals surface area contributed by atoms with E-state index >= 15 is 0 Å². The van der Waals surface area contributed by atoms with Crippen molar-refractivity contribution in [3.63, 3.8) is 0 Å². The van der Waals surface area contributed by atoms with Gasteiger partial charge in [-0.2, -0.15) is 0 Å². The molecule has 0 fully saturated rings. The van der Waals surface area contributed by atoms with E-state index in [-0.39, 0.29) is 0 Å². The largest absolute Gasteiger partial charge is 0.311 e. The Morgan fingerprint density at radius 1 is 0.333 bits per heavy atom. The minimum Gasteiger partial charge on any atom is -0.311 e. The summed E-state index contributed by atoms with van der Waals surface area (Å²) in [5.74, 6) is 0. The second kappa shape index (κ2) is 15.2. The van der Waals surface area contributed by atoms with Gasteiger partial charge in [-0.3, -0.25) is 0 Å². The summed E-state index contributed by atoms with van der Waals surface area (Å²) < 4.78 is 0. The van der Waals surface area contributed by atoms with Crippen molar-refractivity contribution < 1.29 is 0 Å². The van der Waals surface area contributed by atoms with Crippen molar-refractivity contribution >= 4 is 58.0 Å². The molecule has 2 nitrogen and oxygen atoms in total. The van der Waals surface area contributed by atoms with Gasteiger partial charge in [-0.05, 0) is 102 Å². The van der Waals surface area contributed by atoms with Crippen LogP contribution in [0.1, 0.15) is 17.5 Å². The highest BCUT2D eigenvalue weighted by Crippen LogP contribution is 2.37. The molecule has 0 unspecified atom stereocenters. The molecule has 0 atom stereocenters. The molecule has 0 aliphatic carbocycles. The molecule has 0 saturated carbocycles. The number of nitrogens with zero attached hydrogens (tertiary/aromatic N) is 2. The molecule has 48 heavy (non-hydrogen) atoms. The van der Waals surface area contributed by atoms with Gasteiger partial charge in [0.25, 0.3) is 0 Å². The predicted octanol–water partition coefficient (Wildman–Crippen LogP) is 13.3. The second-order valence-electron chi connectivity index (χ2n) is 11.4. The van der Waals surface area contributed by atoms with Crippen molar-refractivity contribution in [3.8, 4) is 0 Å². The van der Waals surface area contributed by atoms with Crippen LogP contribution in [0.5, 0.6) is 0 Å². The Morgan fingerprint density at radius 2 is 0.625 bits per heavy atom. The predicted molar refractivity (Wildman–Crippen MR) is 209 cm³/mol. The van der Waals surface area contributed by atoms with Gasteiger partial charge in [0.2, 0.25) is 0 Å². The molecule has 0 saturated heterocycles. The SMILES string of the molecule is C1=C(/C=C/c2ccc(N(c3ccccc3)c3ccccc3)cc2)SC(/C=C/c2ccc(N(c3ccccc3)c3ccccc3)cc2)=CC1. The van der Waals surface area contributed by atoms with Gasteiger partial charge < -0.3 is 9.80 Å². The summed E-state index contributed by atoms with van der Waals surface area (Å²) in [7, 11) is 0. The van der Waals surface area contributed by atoms with Crippen LogP contribution in [0.3, 0.4) is 0 Å². The lowest BCUT2D eigenvalue weighted by molar-refractivity contribution is 1.28. The number of hydrogen-bond acceptors (Lipinski definition) is 3. The van der Waals surface area contributed by atoms with E-state index in [9.17, 15) is 0 Å². The molecule has 0 spiro atoms. The minimum absolute atomic E-state index is 0.927. The van der Waals surface area contributed by atoms with E-state index in [0.29, 0.717) is 0 Å². The van der Waals surface area contributed by atoms with Crippen LogP contribution in [0.2, 0.25) is 0 Å². The normalized spacial score (nSPS) is 12.9. The lowest BCUT2D eigenvalue weighted by Gasteiger charge is -2.25. The van der Waals surface area contributed by atoms with Gasteiger partial charge in [-0.15, -0.1) is 0 Å². The Morgan fingerprint density at radius 3 is 0.938 bits per heavy atom. The van der Waals surface area contributed by atoms with E-state index < -0.39 is 0 Å². The van der Waals surface area contributed by atoms with E-state index in [1.807, 2.05) is 11.8 Å². The molecular formula is C45H36N2S. The first-order chi connectivity index (χ1) is 23.8. The zero-order valence-corrected chi connectivity index (χ0v) is 27.5. The Labute approximate surface area is 288 Å². The molecule has 0 N–H and O–H groups in total. The van der Waals surface area contributed by atoms with E-state index in [1.165, 1.54) is 20.9 Å². The van der Waals surface area contributed by atoms with E-state index in [0.717, 1.165) is 40.5 Å². The molecule has 0 radical (unpaired) electrons. The Balaban J connectivity index is 1.00. The van der Waals surface area contributed by atoms with Gasteiger partial charge in [0.15, 0.2) is 0 Å². The number of anilines is 6. The maximum atomic E-state index is 2.29. The molecule has 6 aromatic rings. The first-order valence-corrected chi connectivity index (χ1v) is 17.1. The van der Waals surface area contributed by atoms with Crippen molar-refractivity contribution in [1.82, 2.24) is 0 Å². The average molecular weight is 637 g/mol. The number of thioether (sulfide) groups is 1. The molecular weight excluding hydrogens is 601 g/mol. The van der Waals surface area contributed by atoms with Gasteiger partial charge in [0.1, 0.15) is 0 Å². The van der Waals surface area contributed by atoms with E-state index in [2.05, 4.69) is 216 Å². The maximum absolute atomic E-state index is 2.29. The average Bonchev–Trinajstić information content (AvgIpc) is 3.16. The molecule has 0 aromatic heterocycles. The Bertz CT molecular complexity index is 1800. The smallest absolute Gasteiger partial charge is 0.0462 e.